The van der Waals surface area contributed by atoms with Crippen molar-refractivity contribution in [3.63, 3.8) is 0 Å². The fourth-order valence-electron chi connectivity index (χ4n) is 3.86. The number of carbonyl (C=O) groups is 1. The third-order valence-corrected chi connectivity index (χ3v) is 8.30. The third-order valence-electron chi connectivity index (χ3n) is 6.04. The molecule has 2 saturated carbocycles. The van der Waals surface area contributed by atoms with Crippen LogP contribution in [0.1, 0.15) is 44.3 Å². The molecule has 5 N–H and O–H groups in total. The van der Waals surface area contributed by atoms with Crippen molar-refractivity contribution in [3.8, 4) is 22.6 Å². The van der Waals surface area contributed by atoms with E-state index >= 15 is 0 Å². The highest BCUT2D eigenvalue weighted by Crippen LogP contribution is 2.44. The van der Waals surface area contributed by atoms with Gasteiger partial charge < -0.3 is 20.7 Å². The number of hydrogen-bond donors (Lipinski definition) is 5. The van der Waals surface area contributed by atoms with Crippen LogP contribution in [0.5, 0.6) is 0 Å². The van der Waals surface area contributed by atoms with Crippen molar-refractivity contribution >= 4 is 39.4 Å². The lowest BCUT2D eigenvalue weighted by Gasteiger charge is -2.13. The summed E-state index contributed by atoms with van der Waals surface area (Å²) in [5, 5.41) is 13.7. The monoisotopic (exact) mass is 549 g/mol. The summed E-state index contributed by atoms with van der Waals surface area (Å²) in [4.78, 5) is 27.5. The van der Waals surface area contributed by atoms with Gasteiger partial charge in [-0.2, -0.15) is 0 Å². The number of hydrogen-bond acceptors (Lipinski definition) is 7. The molecular formula is C23H25ClFN7O4S. The Morgan fingerprint density at radius 2 is 2.03 bits per heavy atom. The van der Waals surface area contributed by atoms with Gasteiger partial charge in [0.15, 0.2) is 0 Å². The lowest BCUT2D eigenvalue weighted by Crippen LogP contribution is -2.36. The number of amides is 1. The maximum atomic E-state index is 14.7. The molecule has 0 aliphatic heterocycles. The van der Waals surface area contributed by atoms with E-state index in [1.807, 2.05) is 0 Å². The summed E-state index contributed by atoms with van der Waals surface area (Å²) in [6, 6.07) is 3.53. The van der Waals surface area contributed by atoms with Crippen molar-refractivity contribution in [2.45, 2.75) is 49.8 Å². The number of imidazole rings is 1. The summed E-state index contributed by atoms with van der Waals surface area (Å²) in [6.07, 6.45) is 3.42. The fraction of sp³-hybridized carbons (Fsp3) is 0.391. The quantitative estimate of drug-likeness (QED) is 0.251. The molecule has 2 fully saturated rings. The number of aromatic amines is 1. The van der Waals surface area contributed by atoms with Gasteiger partial charge in [0.1, 0.15) is 11.6 Å². The van der Waals surface area contributed by atoms with Crippen LogP contribution in [0.15, 0.2) is 24.4 Å². The molecule has 2 aliphatic rings. The van der Waals surface area contributed by atoms with Crippen molar-refractivity contribution in [1.29, 1.82) is 0 Å². The second-order valence-corrected chi connectivity index (χ2v) is 11.6. The van der Waals surface area contributed by atoms with E-state index in [4.69, 9.17) is 21.7 Å². The van der Waals surface area contributed by atoms with Gasteiger partial charge >= 0.3 is 6.09 Å². The summed E-state index contributed by atoms with van der Waals surface area (Å²) in [5.74, 6) is 0.529. The zero-order chi connectivity index (χ0) is 26.3. The number of carboxylic acid groups (broad SMARTS) is 1. The van der Waals surface area contributed by atoms with Crippen LogP contribution in [-0.2, 0) is 10.0 Å². The van der Waals surface area contributed by atoms with Gasteiger partial charge in [0.2, 0.25) is 16.0 Å². The Morgan fingerprint density at radius 3 is 2.70 bits per heavy atom. The van der Waals surface area contributed by atoms with Crippen LogP contribution in [0.3, 0.4) is 0 Å². The first-order chi connectivity index (χ1) is 17.6. The molecule has 0 radical (unpaired) electrons. The molecule has 0 saturated heterocycles. The smallest absolute Gasteiger partial charge is 0.404 e. The number of H-pyrrole nitrogens is 1. The van der Waals surface area contributed by atoms with Gasteiger partial charge in [-0.3, -0.25) is 4.72 Å². The van der Waals surface area contributed by atoms with Crippen LogP contribution in [0.25, 0.3) is 22.6 Å². The first-order valence-electron chi connectivity index (χ1n) is 11.8. The highest BCUT2D eigenvalue weighted by molar-refractivity contribution is 7.93. The molecule has 2 heterocycles. The van der Waals surface area contributed by atoms with Crippen LogP contribution in [0.4, 0.5) is 20.8 Å². The number of halogens is 2. The van der Waals surface area contributed by atoms with E-state index in [0.717, 1.165) is 18.9 Å². The van der Waals surface area contributed by atoms with Crippen LogP contribution < -0.4 is 15.4 Å². The zero-order valence-electron chi connectivity index (χ0n) is 19.8. The van der Waals surface area contributed by atoms with E-state index in [0.29, 0.717) is 35.7 Å². The molecule has 0 bridgehead atoms. The molecule has 1 aromatic carbocycles. The number of aromatic nitrogens is 4. The average Bonchev–Trinajstić information content (AvgIpc) is 3.76. The van der Waals surface area contributed by atoms with Gasteiger partial charge in [0.05, 0.1) is 33.0 Å². The van der Waals surface area contributed by atoms with Crippen LogP contribution in [0, 0.1) is 5.82 Å². The Kier molecular flexibility index (Phi) is 6.67. The molecule has 0 spiro atoms. The predicted octanol–water partition coefficient (Wildman–Crippen LogP) is 4.18. The molecule has 37 heavy (non-hydrogen) atoms. The minimum atomic E-state index is -3.67. The molecule has 3 aromatic rings. The maximum absolute atomic E-state index is 14.7. The summed E-state index contributed by atoms with van der Waals surface area (Å²) in [6.45, 7) is 1.94. The third kappa shape index (κ3) is 5.77. The molecule has 2 aliphatic carbocycles. The zero-order valence-corrected chi connectivity index (χ0v) is 21.3. The molecule has 11 nitrogen and oxygen atoms in total. The van der Waals surface area contributed by atoms with Gasteiger partial charge in [0, 0.05) is 30.3 Å². The molecule has 1 amide bonds. The number of benzene rings is 1. The fourth-order valence-corrected chi connectivity index (χ4v) is 5.55. The average molecular weight is 550 g/mol. The second-order valence-electron chi connectivity index (χ2n) is 9.28. The van der Waals surface area contributed by atoms with Crippen molar-refractivity contribution in [2.75, 3.05) is 16.6 Å². The van der Waals surface area contributed by atoms with E-state index in [9.17, 15) is 17.6 Å². The van der Waals surface area contributed by atoms with E-state index < -0.39 is 33.2 Å². The minimum absolute atomic E-state index is 0.0293. The van der Waals surface area contributed by atoms with Gasteiger partial charge in [-0.05, 0) is 50.8 Å². The molecule has 2 aromatic heterocycles. The van der Waals surface area contributed by atoms with E-state index in [2.05, 4.69) is 30.3 Å². The highest BCUT2D eigenvalue weighted by atomic mass is 35.5. The topological polar surface area (TPSA) is 162 Å². The minimum Gasteiger partial charge on any atom is -0.465 e. The molecular weight excluding hydrogens is 525 g/mol. The Hall–Kier alpha value is -3.45. The Bertz CT molecular complexity index is 1460. The largest absolute Gasteiger partial charge is 0.465 e. The van der Waals surface area contributed by atoms with Crippen molar-refractivity contribution in [3.05, 3.63) is 41.1 Å². The Balaban J connectivity index is 1.51. The van der Waals surface area contributed by atoms with Crippen LogP contribution in [-0.4, -0.2) is 57.4 Å². The van der Waals surface area contributed by atoms with Crippen LogP contribution >= 0.6 is 11.6 Å². The molecule has 196 valence electrons. The molecule has 1 unspecified atom stereocenters. The summed E-state index contributed by atoms with van der Waals surface area (Å²) >= 11 is 6.62. The lowest BCUT2D eigenvalue weighted by molar-refractivity contribution is 0.191. The summed E-state index contributed by atoms with van der Waals surface area (Å²) in [7, 11) is -3.67. The molecule has 14 heteroatoms. The lowest BCUT2D eigenvalue weighted by atomic mass is 10.1. The van der Waals surface area contributed by atoms with Gasteiger partial charge in [-0.25, -0.2) is 32.6 Å². The van der Waals surface area contributed by atoms with E-state index in [-0.39, 0.29) is 34.7 Å². The van der Waals surface area contributed by atoms with Gasteiger partial charge in [-0.15, -0.1) is 0 Å². The van der Waals surface area contributed by atoms with E-state index in [1.54, 1.807) is 13.0 Å². The van der Waals surface area contributed by atoms with Gasteiger partial charge in [0.25, 0.3) is 0 Å². The number of sulfonamides is 1. The van der Waals surface area contributed by atoms with E-state index in [1.165, 1.54) is 12.3 Å². The van der Waals surface area contributed by atoms with Crippen molar-refractivity contribution < 1.29 is 22.7 Å². The summed E-state index contributed by atoms with van der Waals surface area (Å²) < 4.78 is 42.1. The maximum Gasteiger partial charge on any atom is 0.404 e. The Labute approximate surface area is 217 Å². The molecule has 1 atom stereocenters. The standard InChI is InChI=1S/C23H25ClFN7O4S/c1-11(28-23(33)34)10-27-22-26-7-6-16(29-22)20-19(30-21(31-20)12-2-3-12)15-8-13(25)9-17(18(15)24)32-37(35,36)14-4-5-14/h6-9,11-12,14,28,32H,2-5,10H2,1H3,(H,30,31)(H,33,34)(H,26,27,29). The first-order valence-corrected chi connectivity index (χ1v) is 13.7. The number of anilines is 2. The first kappa shape index (κ1) is 25.2. The molecule has 5 rings (SSSR count). The predicted molar refractivity (Wildman–Crippen MR) is 137 cm³/mol. The SMILES string of the molecule is CC(CNc1nccc(-c2[nH]c(C3CC3)nc2-c2cc(F)cc(NS(=O)(=O)C3CC3)c2Cl)n1)NC(=O)O. The highest BCUT2D eigenvalue weighted by Gasteiger charge is 2.36. The Morgan fingerprint density at radius 1 is 1.27 bits per heavy atom. The van der Waals surface area contributed by atoms with Gasteiger partial charge in [-0.1, -0.05) is 11.6 Å². The summed E-state index contributed by atoms with van der Waals surface area (Å²) in [5.41, 5.74) is 1.44. The second kappa shape index (κ2) is 9.78. The van der Waals surface area contributed by atoms with Crippen LogP contribution in [0.2, 0.25) is 5.02 Å². The number of nitrogens with zero attached hydrogens (tertiary/aromatic N) is 3. The van der Waals surface area contributed by atoms with Crippen molar-refractivity contribution in [2.24, 2.45) is 0 Å². The normalized spacial score (nSPS) is 16.3. The number of nitrogens with one attached hydrogen (secondary N) is 4. The van der Waals surface area contributed by atoms with Crippen molar-refractivity contribution in [1.82, 2.24) is 25.3 Å². The number of rotatable bonds is 10.